The topological polar surface area (TPSA) is 96.6 Å². The Hall–Kier alpha value is -2.54. The van der Waals surface area contributed by atoms with Gasteiger partial charge in [0, 0.05) is 20.1 Å². The van der Waals surface area contributed by atoms with E-state index in [9.17, 15) is 5.26 Å². The molecule has 0 aliphatic rings. The minimum Gasteiger partial charge on any atom is -0.386 e. The van der Waals surface area contributed by atoms with Crippen molar-refractivity contribution in [3.63, 3.8) is 0 Å². The molecule has 7 heteroatoms. The lowest BCUT2D eigenvalue weighted by molar-refractivity contribution is 0.813. The molecule has 0 aliphatic carbocycles. The molecule has 1 aromatic rings. The predicted molar refractivity (Wildman–Crippen MR) is 83.1 cm³/mol. The summed E-state index contributed by atoms with van der Waals surface area (Å²) in [6.07, 6.45) is 1.44. The summed E-state index contributed by atoms with van der Waals surface area (Å²) in [5.41, 5.74) is 2.29. The molecule has 1 heterocycles. The number of rotatable bonds is 7. The third-order valence-electron chi connectivity index (χ3n) is 2.63. The van der Waals surface area contributed by atoms with E-state index in [2.05, 4.69) is 33.1 Å². The van der Waals surface area contributed by atoms with Gasteiger partial charge in [-0.3, -0.25) is 0 Å². The van der Waals surface area contributed by atoms with Crippen LogP contribution in [0.3, 0.4) is 0 Å². The molecule has 0 saturated heterocycles. The van der Waals surface area contributed by atoms with Gasteiger partial charge in [0.1, 0.15) is 23.5 Å². The maximum Gasteiger partial charge on any atom is 0.141 e. The molecule has 0 fully saturated rings. The highest BCUT2D eigenvalue weighted by Gasteiger charge is 2.14. The Kier molecular flexibility index (Phi) is 6.76. The van der Waals surface area contributed by atoms with Gasteiger partial charge in [0.05, 0.1) is 17.0 Å². The molecule has 0 aliphatic heterocycles. The van der Waals surface area contributed by atoms with Crippen molar-refractivity contribution in [2.24, 2.45) is 0 Å². The normalized spacial score (nSPS) is 10.9. The number of allylic oxidation sites excluding steroid dienone is 2. The Balaban J connectivity index is 3.39. The number of nitriles is 2. The molecule has 0 radical (unpaired) electrons. The number of nitrogens with zero attached hydrogens (tertiary/aromatic N) is 3. The number of nitrogens with one attached hydrogen (secondary N) is 3. The standard InChI is InChI=1S/C14H15ClN6/c1-3-10(8-16)13(19-6-7-20-15)14-12(18-2)5-4-11(9-17)21-14/h3-5,18-20H,1,6-7H2,2H3/b13-10-. The van der Waals surface area contributed by atoms with Crippen LogP contribution in [0.25, 0.3) is 5.70 Å². The summed E-state index contributed by atoms with van der Waals surface area (Å²) in [7, 11) is 1.74. The Bertz CT molecular complexity index is 623. The van der Waals surface area contributed by atoms with Crippen molar-refractivity contribution in [2.75, 3.05) is 25.5 Å². The van der Waals surface area contributed by atoms with Crippen LogP contribution in [0.4, 0.5) is 5.69 Å². The van der Waals surface area contributed by atoms with Crippen molar-refractivity contribution in [1.29, 1.82) is 10.5 Å². The Morgan fingerprint density at radius 2 is 2.19 bits per heavy atom. The molecule has 21 heavy (non-hydrogen) atoms. The average molecular weight is 303 g/mol. The van der Waals surface area contributed by atoms with Gasteiger partial charge < -0.3 is 10.6 Å². The first kappa shape index (κ1) is 16.5. The summed E-state index contributed by atoms with van der Waals surface area (Å²) in [6, 6.07) is 7.39. The average Bonchev–Trinajstić information content (AvgIpc) is 2.53. The lowest BCUT2D eigenvalue weighted by Gasteiger charge is -2.15. The summed E-state index contributed by atoms with van der Waals surface area (Å²) in [4.78, 5) is 6.75. The zero-order chi connectivity index (χ0) is 15.7. The van der Waals surface area contributed by atoms with Gasteiger partial charge >= 0.3 is 0 Å². The molecular formula is C14H15ClN6. The van der Waals surface area contributed by atoms with Gasteiger partial charge in [-0.2, -0.15) is 10.5 Å². The van der Waals surface area contributed by atoms with Gasteiger partial charge in [-0.25, -0.2) is 9.82 Å². The molecular weight excluding hydrogens is 288 g/mol. The summed E-state index contributed by atoms with van der Waals surface area (Å²) >= 11 is 5.42. The number of hydrogen-bond acceptors (Lipinski definition) is 6. The van der Waals surface area contributed by atoms with Crippen molar-refractivity contribution in [3.05, 3.63) is 41.7 Å². The first-order valence-electron chi connectivity index (χ1n) is 6.15. The summed E-state index contributed by atoms with van der Waals surface area (Å²) < 4.78 is 0. The Morgan fingerprint density at radius 1 is 1.43 bits per heavy atom. The summed E-state index contributed by atoms with van der Waals surface area (Å²) in [6.45, 7) is 4.61. The van der Waals surface area contributed by atoms with E-state index in [0.717, 1.165) is 0 Å². The minimum atomic E-state index is 0.264. The molecule has 0 unspecified atom stereocenters. The molecule has 0 amide bonds. The highest BCUT2D eigenvalue weighted by molar-refractivity contribution is 6.13. The number of hydrogen-bond donors (Lipinski definition) is 3. The van der Waals surface area contributed by atoms with Gasteiger partial charge in [0.2, 0.25) is 0 Å². The smallest absolute Gasteiger partial charge is 0.141 e. The lowest BCUT2D eigenvalue weighted by Crippen LogP contribution is -2.23. The SMILES string of the molecule is C=C/C(C#N)=C(/NCCNCl)c1nc(C#N)ccc1NC. The van der Waals surface area contributed by atoms with Gasteiger partial charge in [0.25, 0.3) is 0 Å². The highest BCUT2D eigenvalue weighted by Crippen LogP contribution is 2.23. The first-order chi connectivity index (χ1) is 10.2. The van der Waals surface area contributed by atoms with Crippen molar-refractivity contribution < 1.29 is 0 Å². The first-order valence-corrected chi connectivity index (χ1v) is 6.53. The van der Waals surface area contributed by atoms with E-state index in [1.54, 1.807) is 19.2 Å². The number of aromatic nitrogens is 1. The zero-order valence-electron chi connectivity index (χ0n) is 11.6. The highest BCUT2D eigenvalue weighted by atomic mass is 35.5. The fraction of sp³-hybridized carbons (Fsp3) is 0.214. The van der Waals surface area contributed by atoms with E-state index < -0.39 is 0 Å². The maximum absolute atomic E-state index is 9.23. The predicted octanol–water partition coefficient (Wildman–Crippen LogP) is 1.75. The summed E-state index contributed by atoms with van der Waals surface area (Å²) in [5.74, 6) is 0. The van der Waals surface area contributed by atoms with E-state index in [-0.39, 0.29) is 5.69 Å². The monoisotopic (exact) mass is 302 g/mol. The number of pyridine rings is 1. The van der Waals surface area contributed by atoms with E-state index in [0.29, 0.717) is 35.7 Å². The summed E-state index contributed by atoms with van der Waals surface area (Å²) in [5, 5.41) is 24.3. The zero-order valence-corrected chi connectivity index (χ0v) is 12.3. The minimum absolute atomic E-state index is 0.264. The van der Waals surface area contributed by atoms with Crippen molar-refractivity contribution in [3.8, 4) is 12.1 Å². The third-order valence-corrected chi connectivity index (χ3v) is 2.82. The van der Waals surface area contributed by atoms with Crippen LogP contribution in [-0.4, -0.2) is 25.1 Å². The van der Waals surface area contributed by atoms with Crippen LogP contribution in [0.5, 0.6) is 0 Å². The maximum atomic E-state index is 9.23. The van der Waals surface area contributed by atoms with Crippen LogP contribution in [0.15, 0.2) is 30.4 Å². The lowest BCUT2D eigenvalue weighted by atomic mass is 10.1. The molecule has 6 nitrogen and oxygen atoms in total. The van der Waals surface area contributed by atoms with E-state index in [1.165, 1.54) is 6.08 Å². The molecule has 0 bridgehead atoms. The fourth-order valence-electron chi connectivity index (χ4n) is 1.66. The molecule has 0 atom stereocenters. The van der Waals surface area contributed by atoms with Crippen LogP contribution in [0.1, 0.15) is 11.4 Å². The van der Waals surface area contributed by atoms with Crippen LogP contribution in [0.2, 0.25) is 0 Å². The fourth-order valence-corrected chi connectivity index (χ4v) is 1.75. The quantitative estimate of drug-likeness (QED) is 0.307. The molecule has 0 saturated carbocycles. The molecule has 1 rings (SSSR count). The van der Waals surface area contributed by atoms with E-state index in [4.69, 9.17) is 17.0 Å². The second kappa shape index (κ2) is 8.60. The largest absolute Gasteiger partial charge is 0.386 e. The molecule has 3 N–H and O–H groups in total. The van der Waals surface area contributed by atoms with Gasteiger partial charge in [-0.15, -0.1) is 0 Å². The third kappa shape index (κ3) is 4.22. The van der Waals surface area contributed by atoms with Crippen LogP contribution in [-0.2, 0) is 0 Å². The van der Waals surface area contributed by atoms with Gasteiger partial charge in [-0.1, -0.05) is 6.58 Å². The number of anilines is 1. The second-order valence-electron chi connectivity index (χ2n) is 3.87. The van der Waals surface area contributed by atoms with Crippen molar-refractivity contribution in [2.45, 2.75) is 0 Å². The van der Waals surface area contributed by atoms with Crippen LogP contribution >= 0.6 is 11.8 Å². The van der Waals surface area contributed by atoms with Gasteiger partial charge in [0.15, 0.2) is 0 Å². The Morgan fingerprint density at radius 3 is 2.71 bits per heavy atom. The molecule has 108 valence electrons. The van der Waals surface area contributed by atoms with E-state index >= 15 is 0 Å². The molecule has 1 aromatic heterocycles. The van der Waals surface area contributed by atoms with Crippen molar-refractivity contribution >= 4 is 23.2 Å². The van der Waals surface area contributed by atoms with Crippen LogP contribution < -0.4 is 15.5 Å². The number of halogens is 1. The van der Waals surface area contributed by atoms with Gasteiger partial charge in [-0.05, 0) is 30.0 Å². The Labute approximate surface area is 128 Å². The molecule has 0 aromatic carbocycles. The van der Waals surface area contributed by atoms with E-state index in [1.807, 2.05) is 6.07 Å². The molecule has 0 spiro atoms. The van der Waals surface area contributed by atoms with Crippen molar-refractivity contribution in [1.82, 2.24) is 15.1 Å². The second-order valence-corrected chi connectivity index (χ2v) is 4.14. The van der Waals surface area contributed by atoms with Crippen LogP contribution in [0, 0.1) is 22.7 Å².